The molecule has 0 spiro atoms. The number of halogens is 2. The lowest BCUT2D eigenvalue weighted by Crippen LogP contribution is -2.39. The molecule has 1 rings (SSSR count). The summed E-state index contributed by atoms with van der Waals surface area (Å²) in [7, 11) is 0. The zero-order valence-electron chi connectivity index (χ0n) is 11.3. The van der Waals surface area contributed by atoms with Crippen LogP contribution in [0.25, 0.3) is 0 Å². The van der Waals surface area contributed by atoms with Crippen molar-refractivity contribution >= 4 is 27.7 Å². The molecule has 1 aromatic rings. The molecule has 0 aliphatic heterocycles. The number of amidine groups is 1. The third-order valence-corrected chi connectivity index (χ3v) is 3.19. The molecule has 0 aromatic heterocycles. The monoisotopic (exact) mass is 345 g/mol. The minimum Gasteiger partial charge on any atom is -0.409 e. The molecule has 0 atom stereocenters. The van der Waals surface area contributed by atoms with Gasteiger partial charge in [-0.25, -0.2) is 4.39 Å². The number of amides is 1. The number of carbonyl (C=O) groups excluding carboxylic acids is 1. The molecule has 0 heterocycles. The van der Waals surface area contributed by atoms with Gasteiger partial charge in [-0.1, -0.05) is 21.1 Å². The van der Waals surface area contributed by atoms with Crippen molar-refractivity contribution in [3.05, 3.63) is 34.1 Å². The van der Waals surface area contributed by atoms with Crippen molar-refractivity contribution in [2.24, 2.45) is 10.9 Å². The molecule has 0 fully saturated rings. The average Bonchev–Trinajstić information content (AvgIpc) is 2.36. The van der Waals surface area contributed by atoms with Gasteiger partial charge in [0.1, 0.15) is 11.7 Å². The van der Waals surface area contributed by atoms with Crippen LogP contribution in [0.15, 0.2) is 27.8 Å². The first-order valence-corrected chi connectivity index (χ1v) is 6.88. The van der Waals surface area contributed by atoms with Gasteiger partial charge in [0.25, 0.3) is 5.91 Å². The second-order valence-corrected chi connectivity index (χ2v) is 5.51. The van der Waals surface area contributed by atoms with Crippen LogP contribution in [0.5, 0.6) is 0 Å². The zero-order valence-corrected chi connectivity index (χ0v) is 12.9. The highest BCUT2D eigenvalue weighted by molar-refractivity contribution is 9.10. The number of nitrogens with zero attached hydrogens (tertiary/aromatic N) is 2. The van der Waals surface area contributed by atoms with Crippen LogP contribution >= 0.6 is 15.9 Å². The van der Waals surface area contributed by atoms with Crippen LogP contribution in [-0.4, -0.2) is 34.4 Å². The Bertz CT molecular complexity index is 500. The number of hydrogen-bond donors (Lipinski definition) is 2. The molecular weight excluding hydrogens is 329 g/mol. The highest BCUT2D eigenvalue weighted by Gasteiger charge is 2.20. The Hall–Kier alpha value is -1.63. The highest BCUT2D eigenvalue weighted by atomic mass is 79.9. The lowest BCUT2D eigenvalue weighted by Gasteiger charge is -2.26. The molecule has 7 heteroatoms. The van der Waals surface area contributed by atoms with Gasteiger partial charge in [0.05, 0.1) is 0 Å². The zero-order chi connectivity index (χ0) is 15.3. The molecule has 20 heavy (non-hydrogen) atoms. The predicted molar refractivity (Wildman–Crippen MR) is 78.3 cm³/mol. The maximum atomic E-state index is 13.3. The molecule has 0 bridgehead atoms. The quantitative estimate of drug-likeness (QED) is 0.372. The summed E-state index contributed by atoms with van der Waals surface area (Å²) in [5.74, 6) is -0.738. The Kier molecular flexibility index (Phi) is 5.94. The van der Waals surface area contributed by atoms with Gasteiger partial charge in [-0.15, -0.1) is 0 Å². The summed E-state index contributed by atoms with van der Waals surface area (Å²) in [4.78, 5) is 13.9. The molecule has 0 unspecified atom stereocenters. The van der Waals surface area contributed by atoms with Crippen LogP contribution in [0.3, 0.4) is 0 Å². The molecule has 0 saturated carbocycles. The predicted octanol–water partition coefficient (Wildman–Crippen LogP) is 2.58. The number of nitrogens with two attached hydrogens (primary N) is 1. The second kappa shape index (κ2) is 7.23. The van der Waals surface area contributed by atoms with Crippen molar-refractivity contribution in [1.82, 2.24) is 4.90 Å². The normalized spacial score (nSPS) is 11.8. The van der Waals surface area contributed by atoms with E-state index in [4.69, 9.17) is 10.9 Å². The van der Waals surface area contributed by atoms with Crippen LogP contribution in [-0.2, 0) is 0 Å². The Balaban J connectivity index is 2.93. The maximum absolute atomic E-state index is 13.3. The van der Waals surface area contributed by atoms with Gasteiger partial charge in [0.15, 0.2) is 0 Å². The van der Waals surface area contributed by atoms with Crippen LogP contribution in [0.1, 0.15) is 30.6 Å². The number of carbonyl (C=O) groups is 1. The first kappa shape index (κ1) is 16.4. The third-order valence-electron chi connectivity index (χ3n) is 2.73. The van der Waals surface area contributed by atoms with Gasteiger partial charge in [-0.3, -0.25) is 4.79 Å². The molecule has 110 valence electrons. The Morgan fingerprint density at radius 3 is 2.65 bits per heavy atom. The van der Waals surface area contributed by atoms with E-state index in [1.54, 1.807) is 11.0 Å². The van der Waals surface area contributed by atoms with Gasteiger partial charge in [0, 0.05) is 29.0 Å². The molecule has 1 amide bonds. The molecule has 3 N–H and O–H groups in total. The van der Waals surface area contributed by atoms with E-state index < -0.39 is 5.82 Å². The van der Waals surface area contributed by atoms with E-state index >= 15 is 0 Å². The summed E-state index contributed by atoms with van der Waals surface area (Å²) < 4.78 is 13.8. The minimum atomic E-state index is -0.483. The van der Waals surface area contributed by atoms with Crippen molar-refractivity contribution < 1.29 is 14.4 Å². The van der Waals surface area contributed by atoms with Crippen molar-refractivity contribution in [3.8, 4) is 0 Å². The fourth-order valence-corrected chi connectivity index (χ4v) is 2.19. The largest absolute Gasteiger partial charge is 0.409 e. The second-order valence-electron chi connectivity index (χ2n) is 4.59. The maximum Gasteiger partial charge on any atom is 0.254 e. The van der Waals surface area contributed by atoms with E-state index in [0.717, 1.165) is 0 Å². The Labute approximate surface area is 125 Å². The SMILES string of the molecule is CC(C)N(CCC(N)=NO)C(=O)c1cc(F)cc(Br)c1. The van der Waals surface area contributed by atoms with Crippen molar-refractivity contribution in [3.63, 3.8) is 0 Å². The molecule has 0 aliphatic rings. The first-order chi connectivity index (χ1) is 9.35. The van der Waals surface area contributed by atoms with Crippen LogP contribution in [0, 0.1) is 5.82 Å². The molecule has 0 radical (unpaired) electrons. The average molecular weight is 346 g/mol. The molecule has 0 saturated heterocycles. The summed E-state index contributed by atoms with van der Waals surface area (Å²) in [6, 6.07) is 3.94. The number of benzene rings is 1. The topological polar surface area (TPSA) is 78.9 Å². The summed E-state index contributed by atoms with van der Waals surface area (Å²) >= 11 is 3.16. The van der Waals surface area contributed by atoms with Gasteiger partial charge < -0.3 is 15.8 Å². The third kappa shape index (κ3) is 4.48. The molecule has 1 aromatic carbocycles. The lowest BCUT2D eigenvalue weighted by molar-refractivity contribution is 0.0710. The molecular formula is C13H17BrFN3O2. The number of rotatable bonds is 5. The summed E-state index contributed by atoms with van der Waals surface area (Å²) in [5.41, 5.74) is 5.66. The van der Waals surface area contributed by atoms with Gasteiger partial charge in [-0.2, -0.15) is 0 Å². The van der Waals surface area contributed by atoms with E-state index in [1.165, 1.54) is 12.1 Å². The van der Waals surface area contributed by atoms with Crippen LogP contribution < -0.4 is 5.73 Å². The fourth-order valence-electron chi connectivity index (χ4n) is 1.72. The van der Waals surface area contributed by atoms with E-state index in [1.807, 2.05) is 13.8 Å². The molecule has 5 nitrogen and oxygen atoms in total. The van der Waals surface area contributed by atoms with Gasteiger partial charge in [-0.05, 0) is 32.0 Å². The Morgan fingerprint density at radius 1 is 1.50 bits per heavy atom. The smallest absolute Gasteiger partial charge is 0.254 e. The van der Waals surface area contributed by atoms with Crippen molar-refractivity contribution in [1.29, 1.82) is 0 Å². The van der Waals surface area contributed by atoms with E-state index in [2.05, 4.69) is 21.1 Å². The van der Waals surface area contributed by atoms with E-state index in [9.17, 15) is 9.18 Å². The fraction of sp³-hybridized carbons (Fsp3) is 0.385. The Morgan fingerprint density at radius 2 is 2.15 bits per heavy atom. The van der Waals surface area contributed by atoms with E-state index in [0.29, 0.717) is 11.0 Å². The lowest BCUT2D eigenvalue weighted by atomic mass is 10.1. The van der Waals surface area contributed by atoms with Crippen molar-refractivity contribution in [2.75, 3.05) is 6.54 Å². The van der Waals surface area contributed by atoms with Crippen molar-refractivity contribution in [2.45, 2.75) is 26.3 Å². The molecule has 0 aliphatic carbocycles. The van der Waals surface area contributed by atoms with Gasteiger partial charge >= 0.3 is 0 Å². The summed E-state index contributed by atoms with van der Waals surface area (Å²) in [6.07, 6.45) is 0.247. The van der Waals surface area contributed by atoms with E-state index in [-0.39, 0.29) is 29.8 Å². The summed E-state index contributed by atoms with van der Waals surface area (Å²) in [5, 5.41) is 11.4. The number of oxime groups is 1. The standard InChI is InChI=1S/C13H17BrFN3O2/c1-8(2)18(4-3-12(16)17-20)13(19)9-5-10(14)7-11(15)6-9/h5-8,20H,3-4H2,1-2H3,(H2,16,17). The van der Waals surface area contributed by atoms with Crippen LogP contribution in [0.4, 0.5) is 4.39 Å². The minimum absolute atomic E-state index is 0.0453. The van der Waals surface area contributed by atoms with Gasteiger partial charge in [0.2, 0.25) is 0 Å². The van der Waals surface area contributed by atoms with Crippen LogP contribution in [0.2, 0.25) is 0 Å². The number of hydrogen-bond acceptors (Lipinski definition) is 3. The summed E-state index contributed by atoms with van der Waals surface area (Å²) in [6.45, 7) is 3.98. The first-order valence-electron chi connectivity index (χ1n) is 6.08. The highest BCUT2D eigenvalue weighted by Crippen LogP contribution is 2.17.